The number of carbonyl (C=O) groups excluding carboxylic acids is 2. The minimum absolute atomic E-state index is 0.0842. The Hall–Kier alpha value is -2.61. The minimum atomic E-state index is -0.344. The maximum Gasteiger partial charge on any atom is 0.263 e. The van der Waals surface area contributed by atoms with Crippen molar-refractivity contribution in [2.45, 2.75) is 33.2 Å². The Bertz CT molecular complexity index is 840. The first-order chi connectivity index (χ1) is 12.6. The summed E-state index contributed by atoms with van der Waals surface area (Å²) in [4.78, 5) is 29.3. The second-order valence-electron chi connectivity index (χ2n) is 6.98. The van der Waals surface area contributed by atoms with Gasteiger partial charge in [-0.25, -0.2) is 4.98 Å². The molecule has 1 aromatic carbocycles. The molecular formula is C19H25N3O4S. The zero-order valence-electron chi connectivity index (χ0n) is 16.4. The van der Waals surface area contributed by atoms with Gasteiger partial charge in [-0.2, -0.15) is 0 Å². The van der Waals surface area contributed by atoms with Gasteiger partial charge in [0.2, 0.25) is 5.91 Å². The van der Waals surface area contributed by atoms with Crippen LogP contribution in [0.3, 0.4) is 0 Å². The number of methoxy groups -OCH3 is 2. The summed E-state index contributed by atoms with van der Waals surface area (Å²) in [7, 11) is 3.14. The van der Waals surface area contributed by atoms with E-state index in [0.29, 0.717) is 27.1 Å². The van der Waals surface area contributed by atoms with Gasteiger partial charge in [-0.3, -0.25) is 9.59 Å². The average Bonchev–Trinajstić information content (AvgIpc) is 2.99. The molecule has 8 heteroatoms. The Kier molecular flexibility index (Phi) is 6.43. The van der Waals surface area contributed by atoms with Gasteiger partial charge in [-0.05, 0) is 45.9 Å². The molecule has 146 valence electrons. The van der Waals surface area contributed by atoms with Gasteiger partial charge in [0.1, 0.15) is 9.88 Å². The first-order valence-electron chi connectivity index (χ1n) is 8.43. The molecule has 0 saturated carbocycles. The van der Waals surface area contributed by atoms with E-state index in [9.17, 15) is 9.59 Å². The van der Waals surface area contributed by atoms with E-state index in [-0.39, 0.29) is 23.9 Å². The summed E-state index contributed by atoms with van der Waals surface area (Å²) >= 11 is 1.27. The molecule has 0 aliphatic rings. The molecule has 0 aliphatic carbocycles. The average molecular weight is 391 g/mol. The molecule has 1 heterocycles. The maximum atomic E-state index is 12.4. The highest BCUT2D eigenvalue weighted by Gasteiger charge is 2.19. The number of carbonyl (C=O) groups is 2. The highest BCUT2D eigenvalue weighted by Crippen LogP contribution is 2.34. The van der Waals surface area contributed by atoms with Crippen molar-refractivity contribution in [3.63, 3.8) is 0 Å². The van der Waals surface area contributed by atoms with Crippen LogP contribution in [0.2, 0.25) is 0 Å². The van der Waals surface area contributed by atoms with Crippen LogP contribution >= 0.6 is 11.3 Å². The molecule has 1 aromatic heterocycles. The lowest BCUT2D eigenvalue weighted by Crippen LogP contribution is -2.45. The zero-order chi connectivity index (χ0) is 20.2. The van der Waals surface area contributed by atoms with Gasteiger partial charge in [0.05, 0.1) is 26.5 Å². The molecule has 2 amide bonds. The van der Waals surface area contributed by atoms with E-state index in [2.05, 4.69) is 15.6 Å². The van der Waals surface area contributed by atoms with Gasteiger partial charge < -0.3 is 20.1 Å². The third-order valence-electron chi connectivity index (χ3n) is 3.56. The molecule has 0 unspecified atom stereocenters. The molecular weight excluding hydrogens is 366 g/mol. The predicted molar refractivity (Wildman–Crippen MR) is 106 cm³/mol. The van der Waals surface area contributed by atoms with Crippen molar-refractivity contribution in [3.05, 3.63) is 28.8 Å². The predicted octanol–water partition coefficient (Wildman–Crippen LogP) is 2.78. The Morgan fingerprint density at radius 3 is 2.41 bits per heavy atom. The van der Waals surface area contributed by atoms with E-state index in [1.54, 1.807) is 27.2 Å². The number of ether oxygens (including phenoxy) is 2. The molecule has 2 rings (SSSR count). The van der Waals surface area contributed by atoms with Gasteiger partial charge in [0.15, 0.2) is 11.5 Å². The molecule has 0 aliphatic heterocycles. The number of hydrogen-bond donors (Lipinski definition) is 2. The molecule has 0 spiro atoms. The molecule has 0 fully saturated rings. The van der Waals surface area contributed by atoms with Crippen LogP contribution in [0.15, 0.2) is 18.2 Å². The number of benzene rings is 1. The fourth-order valence-corrected chi connectivity index (χ4v) is 3.38. The largest absolute Gasteiger partial charge is 0.493 e. The SMILES string of the molecule is COc1ccc(-c2nc(C)c(C(=O)NCC(=O)NC(C)(C)C)s2)cc1OC. The Morgan fingerprint density at radius 1 is 1.15 bits per heavy atom. The summed E-state index contributed by atoms with van der Waals surface area (Å²) in [6, 6.07) is 5.47. The van der Waals surface area contributed by atoms with Gasteiger partial charge in [-0.15, -0.1) is 11.3 Å². The fraction of sp³-hybridized carbons (Fsp3) is 0.421. The standard InChI is InChI=1S/C19H25N3O4S/c1-11-16(17(24)20-10-15(23)22-19(2,3)4)27-18(21-11)12-7-8-13(25-5)14(9-12)26-6/h7-9H,10H2,1-6H3,(H,20,24)(H,22,23). The van der Waals surface area contributed by atoms with E-state index < -0.39 is 0 Å². The van der Waals surface area contributed by atoms with Crippen LogP contribution in [0.5, 0.6) is 11.5 Å². The summed E-state index contributed by atoms with van der Waals surface area (Å²) in [6.45, 7) is 7.34. The van der Waals surface area contributed by atoms with Crippen molar-refractivity contribution in [2.75, 3.05) is 20.8 Å². The Balaban J connectivity index is 2.14. The smallest absolute Gasteiger partial charge is 0.263 e. The van der Waals surface area contributed by atoms with Crippen molar-refractivity contribution < 1.29 is 19.1 Å². The van der Waals surface area contributed by atoms with Gasteiger partial charge >= 0.3 is 0 Å². The second-order valence-corrected chi connectivity index (χ2v) is 7.98. The third-order valence-corrected chi connectivity index (χ3v) is 4.76. The monoisotopic (exact) mass is 391 g/mol. The fourth-order valence-electron chi connectivity index (χ4n) is 2.40. The van der Waals surface area contributed by atoms with Crippen molar-refractivity contribution >= 4 is 23.2 Å². The Labute approximate surface area is 163 Å². The molecule has 0 bridgehead atoms. The molecule has 2 aromatic rings. The van der Waals surface area contributed by atoms with E-state index in [1.807, 2.05) is 32.9 Å². The van der Waals surface area contributed by atoms with Gasteiger partial charge in [0.25, 0.3) is 5.91 Å². The number of aromatic nitrogens is 1. The van der Waals surface area contributed by atoms with Crippen molar-refractivity contribution in [1.82, 2.24) is 15.6 Å². The summed E-state index contributed by atoms with van der Waals surface area (Å²) < 4.78 is 10.6. The summed E-state index contributed by atoms with van der Waals surface area (Å²) in [5, 5.41) is 6.14. The second kappa shape index (κ2) is 8.39. The number of aryl methyl sites for hydroxylation is 1. The van der Waals surface area contributed by atoms with Gasteiger partial charge in [-0.1, -0.05) is 0 Å². The summed E-state index contributed by atoms with van der Waals surface area (Å²) in [5.41, 5.74) is 1.09. The quantitative estimate of drug-likeness (QED) is 0.790. The van der Waals surface area contributed by atoms with E-state index in [0.717, 1.165) is 5.56 Å². The van der Waals surface area contributed by atoms with Crippen molar-refractivity contribution in [1.29, 1.82) is 0 Å². The topological polar surface area (TPSA) is 89.5 Å². The lowest BCUT2D eigenvalue weighted by atomic mass is 10.1. The van der Waals surface area contributed by atoms with E-state index >= 15 is 0 Å². The lowest BCUT2D eigenvalue weighted by Gasteiger charge is -2.20. The van der Waals surface area contributed by atoms with Crippen LogP contribution in [0, 0.1) is 6.92 Å². The highest BCUT2D eigenvalue weighted by molar-refractivity contribution is 7.17. The number of nitrogens with zero attached hydrogens (tertiary/aromatic N) is 1. The number of amides is 2. The van der Waals surface area contributed by atoms with E-state index in [4.69, 9.17) is 9.47 Å². The normalized spacial score (nSPS) is 11.0. The molecule has 0 radical (unpaired) electrons. The number of hydrogen-bond acceptors (Lipinski definition) is 6. The molecule has 7 nitrogen and oxygen atoms in total. The van der Waals surface area contributed by atoms with Crippen molar-refractivity contribution in [3.8, 4) is 22.1 Å². The van der Waals surface area contributed by atoms with Crippen LogP contribution in [0.4, 0.5) is 0 Å². The van der Waals surface area contributed by atoms with Crippen LogP contribution < -0.4 is 20.1 Å². The van der Waals surface area contributed by atoms with Crippen LogP contribution in [0.1, 0.15) is 36.1 Å². The van der Waals surface area contributed by atoms with Crippen LogP contribution in [-0.4, -0.2) is 43.1 Å². The summed E-state index contributed by atoms with van der Waals surface area (Å²) in [6.07, 6.45) is 0. The number of nitrogens with one attached hydrogen (secondary N) is 2. The van der Waals surface area contributed by atoms with Crippen LogP contribution in [-0.2, 0) is 4.79 Å². The maximum absolute atomic E-state index is 12.4. The highest BCUT2D eigenvalue weighted by atomic mass is 32.1. The minimum Gasteiger partial charge on any atom is -0.493 e. The molecule has 0 saturated heterocycles. The van der Waals surface area contributed by atoms with Crippen LogP contribution in [0.25, 0.3) is 10.6 Å². The summed E-state index contributed by atoms with van der Waals surface area (Å²) in [5.74, 6) is 0.656. The third kappa shape index (κ3) is 5.43. The zero-order valence-corrected chi connectivity index (χ0v) is 17.2. The first kappa shape index (κ1) is 20.7. The Morgan fingerprint density at radius 2 is 1.81 bits per heavy atom. The van der Waals surface area contributed by atoms with Gasteiger partial charge in [0, 0.05) is 11.1 Å². The number of rotatable bonds is 6. The van der Waals surface area contributed by atoms with E-state index in [1.165, 1.54) is 11.3 Å². The molecule has 2 N–H and O–H groups in total. The molecule has 27 heavy (non-hydrogen) atoms. The number of thiazole rings is 1. The van der Waals surface area contributed by atoms with Crippen molar-refractivity contribution in [2.24, 2.45) is 0 Å². The first-order valence-corrected chi connectivity index (χ1v) is 9.25. The lowest BCUT2D eigenvalue weighted by molar-refractivity contribution is -0.121. The molecule has 0 atom stereocenters.